The highest BCUT2D eigenvalue weighted by Crippen LogP contribution is 2.33. The van der Waals surface area contributed by atoms with Gasteiger partial charge in [0.2, 0.25) is 10.0 Å². The topological polar surface area (TPSA) is 82.6 Å². The Morgan fingerprint density at radius 1 is 0.900 bits per heavy atom. The maximum atomic E-state index is 13.2. The molecule has 0 bridgehead atoms. The van der Waals surface area contributed by atoms with E-state index >= 15 is 0 Å². The molecule has 2 fully saturated rings. The largest absolute Gasteiger partial charge is 0.370 e. The van der Waals surface area contributed by atoms with Crippen LogP contribution in [-0.2, 0) is 10.0 Å². The molecule has 3 heterocycles. The minimum absolute atomic E-state index is 0.224. The maximum Gasteiger partial charge on any atom is 0.274 e. The fraction of sp³-hybridized carbons (Fsp3) is 0.455. The summed E-state index contributed by atoms with van der Waals surface area (Å²) >= 11 is 0. The number of anilines is 2. The Kier molecular flexibility index (Phi) is 6.34. The number of rotatable bonds is 5. The first kappa shape index (κ1) is 20.8. The van der Waals surface area contributed by atoms with Crippen molar-refractivity contribution in [3.63, 3.8) is 0 Å². The van der Waals surface area contributed by atoms with Crippen molar-refractivity contribution < 1.29 is 13.2 Å². The zero-order chi connectivity index (χ0) is 21.0. The molecule has 1 aromatic heterocycles. The molecule has 0 unspecified atom stereocenters. The first-order chi connectivity index (χ1) is 14.6. The second-order valence-corrected chi connectivity index (χ2v) is 9.80. The van der Waals surface area contributed by atoms with Gasteiger partial charge in [-0.1, -0.05) is 12.5 Å². The van der Waals surface area contributed by atoms with Crippen molar-refractivity contribution in [1.82, 2.24) is 9.29 Å². The standard InChI is InChI=1S/C22H28N4O3S/c27-22(19-9-3-4-12-23-19)24-20-17-18(30(28,29)26-15-7-2-8-16-26)10-11-21(20)25-13-5-1-6-14-25/h3-4,9-12,17H,1-2,5-8,13-16H2,(H,24,27). The van der Waals surface area contributed by atoms with Gasteiger partial charge in [0.15, 0.2) is 0 Å². The van der Waals surface area contributed by atoms with Crippen molar-refractivity contribution in [2.24, 2.45) is 0 Å². The predicted molar refractivity (Wildman–Crippen MR) is 117 cm³/mol. The van der Waals surface area contributed by atoms with Crippen molar-refractivity contribution in [1.29, 1.82) is 0 Å². The third-order valence-electron chi connectivity index (χ3n) is 5.76. The lowest BCUT2D eigenvalue weighted by Crippen LogP contribution is -2.36. The monoisotopic (exact) mass is 428 g/mol. The van der Waals surface area contributed by atoms with Crippen LogP contribution in [0.2, 0.25) is 0 Å². The number of nitrogens with zero attached hydrogens (tertiary/aromatic N) is 3. The highest BCUT2D eigenvalue weighted by Gasteiger charge is 2.27. The fourth-order valence-electron chi connectivity index (χ4n) is 4.12. The fourth-order valence-corrected chi connectivity index (χ4v) is 5.67. The smallest absolute Gasteiger partial charge is 0.274 e. The second-order valence-electron chi connectivity index (χ2n) is 7.86. The molecule has 2 saturated heterocycles. The predicted octanol–water partition coefficient (Wildman–Crippen LogP) is 3.50. The summed E-state index contributed by atoms with van der Waals surface area (Å²) in [6.45, 7) is 2.88. The zero-order valence-corrected chi connectivity index (χ0v) is 17.9. The van der Waals surface area contributed by atoms with Crippen LogP contribution >= 0.6 is 0 Å². The molecule has 2 aliphatic heterocycles. The van der Waals surface area contributed by atoms with Gasteiger partial charge in [0.1, 0.15) is 5.69 Å². The van der Waals surface area contributed by atoms with E-state index < -0.39 is 10.0 Å². The van der Waals surface area contributed by atoms with E-state index in [4.69, 9.17) is 0 Å². The first-order valence-electron chi connectivity index (χ1n) is 10.7. The lowest BCUT2D eigenvalue weighted by Gasteiger charge is -2.31. The summed E-state index contributed by atoms with van der Waals surface area (Å²) in [6.07, 6.45) is 7.75. The molecule has 2 aromatic rings. The lowest BCUT2D eigenvalue weighted by molar-refractivity contribution is 0.102. The van der Waals surface area contributed by atoms with Gasteiger partial charge in [-0.05, 0) is 62.4 Å². The first-order valence-corrected chi connectivity index (χ1v) is 12.1. The molecule has 0 saturated carbocycles. The van der Waals surface area contributed by atoms with E-state index in [1.807, 2.05) is 6.07 Å². The number of piperidine rings is 2. The van der Waals surface area contributed by atoms with Gasteiger partial charge in [-0.2, -0.15) is 4.31 Å². The van der Waals surface area contributed by atoms with Crippen LogP contribution in [0.5, 0.6) is 0 Å². The van der Waals surface area contributed by atoms with Gasteiger partial charge in [-0.25, -0.2) is 8.42 Å². The van der Waals surface area contributed by atoms with Gasteiger partial charge in [0, 0.05) is 32.4 Å². The molecular formula is C22H28N4O3S. The number of carbonyl (C=O) groups excluding carboxylic acids is 1. The molecule has 0 atom stereocenters. The number of hydrogen-bond donors (Lipinski definition) is 1. The Labute approximate surface area is 178 Å². The molecule has 0 radical (unpaired) electrons. The molecule has 7 nitrogen and oxygen atoms in total. The lowest BCUT2D eigenvalue weighted by atomic mass is 10.1. The summed E-state index contributed by atoms with van der Waals surface area (Å²) in [5, 5.41) is 2.91. The molecule has 1 amide bonds. The Hall–Kier alpha value is -2.45. The van der Waals surface area contributed by atoms with E-state index in [-0.39, 0.29) is 10.8 Å². The van der Waals surface area contributed by atoms with Crippen molar-refractivity contribution in [3.05, 3.63) is 48.3 Å². The number of benzene rings is 1. The Balaban J connectivity index is 1.68. The number of aromatic nitrogens is 1. The molecule has 0 spiro atoms. The molecule has 2 aliphatic rings. The van der Waals surface area contributed by atoms with E-state index in [1.54, 1.807) is 40.8 Å². The normalized spacial score (nSPS) is 18.2. The number of amides is 1. The van der Waals surface area contributed by atoms with Gasteiger partial charge >= 0.3 is 0 Å². The van der Waals surface area contributed by atoms with E-state index in [9.17, 15) is 13.2 Å². The SMILES string of the molecule is O=C(Nc1cc(S(=O)(=O)N2CCCCC2)ccc1N1CCCCC1)c1ccccn1. The van der Waals surface area contributed by atoms with Crippen molar-refractivity contribution in [2.75, 3.05) is 36.4 Å². The van der Waals surface area contributed by atoms with E-state index in [1.165, 1.54) is 6.42 Å². The summed E-state index contributed by atoms with van der Waals surface area (Å²) in [7, 11) is -3.58. The van der Waals surface area contributed by atoms with E-state index in [2.05, 4.69) is 15.2 Å². The number of hydrogen-bond acceptors (Lipinski definition) is 5. The van der Waals surface area contributed by atoms with E-state index in [0.29, 0.717) is 24.5 Å². The van der Waals surface area contributed by atoms with Gasteiger partial charge < -0.3 is 10.2 Å². The highest BCUT2D eigenvalue weighted by atomic mass is 32.2. The van der Waals surface area contributed by atoms with Crippen molar-refractivity contribution in [2.45, 2.75) is 43.4 Å². The van der Waals surface area contributed by atoms with Crippen LogP contribution in [-0.4, -0.2) is 49.8 Å². The Morgan fingerprint density at radius 3 is 2.27 bits per heavy atom. The van der Waals surface area contributed by atoms with E-state index in [0.717, 1.165) is 50.9 Å². The Bertz CT molecular complexity index is 983. The summed E-state index contributed by atoms with van der Waals surface area (Å²) in [6, 6.07) is 10.3. The summed E-state index contributed by atoms with van der Waals surface area (Å²) in [4.78, 5) is 19.3. The molecular weight excluding hydrogens is 400 g/mol. The quantitative estimate of drug-likeness (QED) is 0.788. The highest BCUT2D eigenvalue weighted by molar-refractivity contribution is 7.89. The van der Waals surface area contributed by atoms with Crippen LogP contribution in [0.1, 0.15) is 49.0 Å². The van der Waals surface area contributed by atoms with Crippen LogP contribution in [0.15, 0.2) is 47.5 Å². The molecule has 160 valence electrons. The third kappa shape index (κ3) is 4.49. The Morgan fingerprint density at radius 2 is 1.60 bits per heavy atom. The summed E-state index contributed by atoms with van der Waals surface area (Å²) in [5.74, 6) is -0.346. The minimum atomic E-state index is -3.58. The van der Waals surface area contributed by atoms with Crippen LogP contribution in [0.3, 0.4) is 0 Å². The second kappa shape index (κ2) is 9.14. The summed E-state index contributed by atoms with van der Waals surface area (Å²) < 4.78 is 27.9. The van der Waals surface area contributed by atoms with Gasteiger partial charge in [-0.3, -0.25) is 9.78 Å². The third-order valence-corrected chi connectivity index (χ3v) is 7.66. The molecule has 1 aromatic carbocycles. The number of nitrogens with one attached hydrogen (secondary N) is 1. The average Bonchev–Trinajstić information content (AvgIpc) is 2.81. The van der Waals surface area contributed by atoms with Gasteiger partial charge in [-0.15, -0.1) is 0 Å². The molecule has 4 rings (SSSR count). The van der Waals surface area contributed by atoms with Crippen LogP contribution in [0.4, 0.5) is 11.4 Å². The van der Waals surface area contributed by atoms with Crippen LogP contribution in [0, 0.1) is 0 Å². The molecule has 1 N–H and O–H groups in total. The van der Waals surface area contributed by atoms with Crippen molar-refractivity contribution in [3.8, 4) is 0 Å². The number of pyridine rings is 1. The summed E-state index contributed by atoms with van der Waals surface area (Å²) in [5.41, 5.74) is 1.67. The maximum absolute atomic E-state index is 13.2. The number of sulfonamides is 1. The van der Waals surface area contributed by atoms with Gasteiger partial charge in [0.25, 0.3) is 5.91 Å². The van der Waals surface area contributed by atoms with Crippen LogP contribution < -0.4 is 10.2 Å². The van der Waals surface area contributed by atoms with Crippen molar-refractivity contribution >= 4 is 27.3 Å². The van der Waals surface area contributed by atoms with Gasteiger partial charge in [0.05, 0.1) is 16.3 Å². The van der Waals surface area contributed by atoms with Crippen LogP contribution in [0.25, 0.3) is 0 Å². The zero-order valence-electron chi connectivity index (χ0n) is 17.1. The molecule has 30 heavy (non-hydrogen) atoms. The average molecular weight is 429 g/mol. The molecule has 8 heteroatoms. The number of carbonyl (C=O) groups is 1. The minimum Gasteiger partial charge on any atom is -0.370 e. The molecule has 0 aliphatic carbocycles.